The molecule has 0 spiro atoms. The molecule has 0 saturated heterocycles. The van der Waals surface area contributed by atoms with Crippen LogP contribution in [0.25, 0.3) is 0 Å². The van der Waals surface area contributed by atoms with Crippen LogP contribution in [0.2, 0.25) is 0 Å². The van der Waals surface area contributed by atoms with Gasteiger partial charge in [-0.05, 0) is 23.5 Å². The van der Waals surface area contributed by atoms with E-state index in [0.29, 0.717) is 23.4 Å². The molecule has 28 heavy (non-hydrogen) atoms. The number of Topliss-reactive ketones (excluding diaryl/α,β-unsaturated/α-hetero) is 1. The zero-order valence-corrected chi connectivity index (χ0v) is 17.2. The third kappa shape index (κ3) is 3.61. The van der Waals surface area contributed by atoms with E-state index in [1.165, 1.54) is 0 Å². The van der Waals surface area contributed by atoms with E-state index in [-0.39, 0.29) is 17.6 Å². The van der Waals surface area contributed by atoms with Gasteiger partial charge >= 0.3 is 0 Å². The number of hydrogen-bond donors (Lipinski definition) is 1. The van der Waals surface area contributed by atoms with Crippen molar-refractivity contribution in [3.63, 3.8) is 0 Å². The highest BCUT2D eigenvalue weighted by molar-refractivity contribution is 6.10. The maximum absolute atomic E-state index is 13.1. The lowest BCUT2D eigenvalue weighted by Crippen LogP contribution is -2.42. The summed E-state index contributed by atoms with van der Waals surface area (Å²) in [4.78, 5) is 27.6. The number of fused-ring (bicyclic) bond motifs is 1. The fraction of sp³-hybridized carbons (Fsp3) is 0.417. The Morgan fingerprint density at radius 2 is 1.71 bits per heavy atom. The minimum absolute atomic E-state index is 0.0000828. The Hall–Kier alpha value is -2.46. The summed E-state index contributed by atoms with van der Waals surface area (Å²) in [5.74, 6) is -0.634. The number of para-hydroxylation sites is 1. The first-order valence-electron chi connectivity index (χ1n) is 9.96. The van der Waals surface area contributed by atoms with Crippen LogP contribution in [0.15, 0.2) is 48.5 Å². The Morgan fingerprint density at radius 1 is 1.07 bits per heavy atom. The van der Waals surface area contributed by atoms with Crippen LogP contribution < -0.4 is 4.90 Å². The van der Waals surface area contributed by atoms with Gasteiger partial charge in [0.15, 0.2) is 11.4 Å². The van der Waals surface area contributed by atoms with Gasteiger partial charge in [0.25, 0.3) is 5.91 Å². The van der Waals surface area contributed by atoms with Gasteiger partial charge in [-0.1, -0.05) is 76.6 Å². The van der Waals surface area contributed by atoms with Crippen molar-refractivity contribution < 1.29 is 14.7 Å². The highest BCUT2D eigenvalue weighted by Gasteiger charge is 2.50. The Morgan fingerprint density at radius 3 is 2.32 bits per heavy atom. The summed E-state index contributed by atoms with van der Waals surface area (Å²) in [6.07, 6.45) is 1.54. The molecular weight excluding hydrogens is 350 g/mol. The van der Waals surface area contributed by atoms with Crippen LogP contribution in [0.4, 0.5) is 5.69 Å². The van der Waals surface area contributed by atoms with Crippen LogP contribution in [0.3, 0.4) is 0 Å². The lowest BCUT2D eigenvalue weighted by atomic mass is 9.85. The molecule has 2 aromatic rings. The molecule has 1 aliphatic rings. The van der Waals surface area contributed by atoms with Gasteiger partial charge in [0.1, 0.15) is 0 Å². The predicted octanol–water partition coefficient (Wildman–Crippen LogP) is 4.59. The largest absolute Gasteiger partial charge is 0.375 e. The molecule has 1 aliphatic heterocycles. The molecule has 4 nitrogen and oxygen atoms in total. The number of benzene rings is 2. The average molecular weight is 380 g/mol. The number of hydrogen-bond acceptors (Lipinski definition) is 3. The Balaban J connectivity index is 1.88. The molecule has 0 radical (unpaired) electrons. The van der Waals surface area contributed by atoms with Crippen molar-refractivity contribution >= 4 is 17.4 Å². The second-order valence-corrected chi connectivity index (χ2v) is 8.62. The van der Waals surface area contributed by atoms with Gasteiger partial charge in [-0.3, -0.25) is 9.59 Å². The zero-order chi connectivity index (χ0) is 20.5. The number of aliphatic hydroxyl groups is 1. The van der Waals surface area contributed by atoms with E-state index in [4.69, 9.17) is 0 Å². The van der Waals surface area contributed by atoms with Gasteiger partial charge in [-0.2, -0.15) is 0 Å². The number of carbonyl (C=O) groups excluding carboxylic acids is 2. The van der Waals surface area contributed by atoms with Gasteiger partial charge < -0.3 is 10.0 Å². The molecule has 0 aromatic heterocycles. The van der Waals surface area contributed by atoms with E-state index in [0.717, 1.165) is 18.4 Å². The molecule has 1 heterocycles. The Bertz CT molecular complexity index is 879. The highest BCUT2D eigenvalue weighted by Crippen LogP contribution is 2.43. The predicted molar refractivity (Wildman–Crippen MR) is 112 cm³/mol. The van der Waals surface area contributed by atoms with Gasteiger partial charge in [0, 0.05) is 17.7 Å². The average Bonchev–Trinajstić information content (AvgIpc) is 2.87. The van der Waals surface area contributed by atoms with Gasteiger partial charge in [-0.15, -0.1) is 0 Å². The molecule has 148 valence electrons. The first-order chi connectivity index (χ1) is 13.2. The standard InChI is InChI=1S/C24H29NO3/c1-5-6-15-25-20-10-8-7-9-19(20)24(28,22(25)27)16-21(26)17-11-13-18(14-12-17)23(2,3)4/h7-14,28H,5-6,15-16H2,1-4H3/t24-/m1/s1. The summed E-state index contributed by atoms with van der Waals surface area (Å²) in [5, 5.41) is 11.3. The van der Waals surface area contributed by atoms with E-state index in [1.54, 1.807) is 29.2 Å². The van der Waals surface area contributed by atoms with Crippen molar-refractivity contribution in [3.05, 3.63) is 65.2 Å². The van der Waals surface area contributed by atoms with Crippen LogP contribution in [0.1, 0.15) is 68.4 Å². The summed E-state index contributed by atoms with van der Waals surface area (Å²) < 4.78 is 0. The fourth-order valence-electron chi connectivity index (χ4n) is 3.71. The van der Waals surface area contributed by atoms with E-state index in [9.17, 15) is 14.7 Å². The normalized spacial score (nSPS) is 19.0. The minimum Gasteiger partial charge on any atom is -0.375 e. The molecule has 4 heteroatoms. The topological polar surface area (TPSA) is 57.6 Å². The zero-order valence-electron chi connectivity index (χ0n) is 17.2. The van der Waals surface area contributed by atoms with E-state index in [2.05, 4.69) is 27.7 Å². The molecule has 0 bridgehead atoms. The van der Waals surface area contributed by atoms with Crippen LogP contribution >= 0.6 is 0 Å². The summed E-state index contributed by atoms with van der Waals surface area (Å²) >= 11 is 0. The Kier molecular flexibility index (Phi) is 5.44. The number of ketones is 1. The van der Waals surface area contributed by atoms with Crippen LogP contribution in [-0.4, -0.2) is 23.3 Å². The Labute approximate surface area is 167 Å². The number of amides is 1. The van der Waals surface area contributed by atoms with Crippen molar-refractivity contribution in [3.8, 4) is 0 Å². The summed E-state index contributed by atoms with van der Waals surface area (Å²) in [5.41, 5.74) is 1.08. The van der Waals surface area contributed by atoms with Crippen LogP contribution in [0.5, 0.6) is 0 Å². The van der Waals surface area contributed by atoms with E-state index < -0.39 is 11.5 Å². The molecular formula is C24H29NO3. The first kappa shape index (κ1) is 20.3. The molecule has 0 aliphatic carbocycles. The molecule has 1 atom stereocenters. The van der Waals surface area contributed by atoms with Gasteiger partial charge in [-0.25, -0.2) is 0 Å². The number of rotatable bonds is 6. The second kappa shape index (κ2) is 7.51. The number of anilines is 1. The number of carbonyl (C=O) groups is 2. The molecule has 1 N–H and O–H groups in total. The maximum atomic E-state index is 13.1. The lowest BCUT2D eigenvalue weighted by molar-refractivity contribution is -0.135. The van der Waals surface area contributed by atoms with E-state index >= 15 is 0 Å². The highest BCUT2D eigenvalue weighted by atomic mass is 16.3. The van der Waals surface area contributed by atoms with E-state index in [1.807, 2.05) is 24.3 Å². The third-order valence-corrected chi connectivity index (χ3v) is 5.46. The fourth-order valence-corrected chi connectivity index (χ4v) is 3.71. The quantitative estimate of drug-likeness (QED) is 0.747. The monoisotopic (exact) mass is 379 g/mol. The molecule has 0 unspecified atom stereocenters. The first-order valence-corrected chi connectivity index (χ1v) is 9.96. The summed E-state index contributed by atoms with van der Waals surface area (Å²) in [7, 11) is 0. The molecule has 0 fully saturated rings. The van der Waals surface area contributed by atoms with Crippen molar-refractivity contribution in [2.75, 3.05) is 11.4 Å². The van der Waals surface area contributed by atoms with Gasteiger partial charge in [0.2, 0.25) is 0 Å². The molecule has 1 amide bonds. The SMILES string of the molecule is CCCCN1C(=O)[C@@](O)(CC(=O)c2ccc(C(C)(C)C)cc2)c2ccccc21. The maximum Gasteiger partial charge on any atom is 0.264 e. The second-order valence-electron chi connectivity index (χ2n) is 8.62. The third-order valence-electron chi connectivity index (χ3n) is 5.46. The van der Waals surface area contributed by atoms with Crippen molar-refractivity contribution in [2.24, 2.45) is 0 Å². The van der Waals surface area contributed by atoms with Crippen molar-refractivity contribution in [1.29, 1.82) is 0 Å². The number of unbranched alkanes of at least 4 members (excludes halogenated alkanes) is 1. The van der Waals surface area contributed by atoms with Crippen molar-refractivity contribution in [2.45, 2.75) is 58.0 Å². The minimum atomic E-state index is -1.80. The lowest BCUT2D eigenvalue weighted by Gasteiger charge is -2.23. The summed E-state index contributed by atoms with van der Waals surface area (Å²) in [6.45, 7) is 8.95. The molecule has 0 saturated carbocycles. The molecule has 2 aromatic carbocycles. The summed E-state index contributed by atoms with van der Waals surface area (Å²) in [6, 6.07) is 14.7. The van der Waals surface area contributed by atoms with Crippen LogP contribution in [-0.2, 0) is 15.8 Å². The number of nitrogens with zero attached hydrogens (tertiary/aromatic N) is 1. The smallest absolute Gasteiger partial charge is 0.264 e. The van der Waals surface area contributed by atoms with Gasteiger partial charge in [0.05, 0.1) is 12.1 Å². The van der Waals surface area contributed by atoms with Crippen LogP contribution in [0, 0.1) is 0 Å². The van der Waals surface area contributed by atoms with Crippen molar-refractivity contribution in [1.82, 2.24) is 0 Å². The molecule has 3 rings (SSSR count).